The lowest BCUT2D eigenvalue weighted by Gasteiger charge is -2.28. The Bertz CT molecular complexity index is 306. The zero-order chi connectivity index (χ0) is 13.7. The van der Waals surface area contributed by atoms with Gasteiger partial charge in [-0.3, -0.25) is 9.59 Å². The molecule has 0 aromatic carbocycles. The number of nitrogens with zero attached hydrogens (tertiary/aromatic N) is 1. The van der Waals surface area contributed by atoms with Crippen LogP contribution in [0.1, 0.15) is 20.3 Å². The van der Waals surface area contributed by atoms with Crippen molar-refractivity contribution in [1.29, 1.82) is 0 Å². The van der Waals surface area contributed by atoms with Gasteiger partial charge in [0, 0.05) is 19.7 Å². The first kappa shape index (κ1) is 14.9. The Morgan fingerprint density at radius 2 is 2.06 bits per heavy atom. The molecule has 0 bridgehead atoms. The van der Waals surface area contributed by atoms with Crippen molar-refractivity contribution in [3.8, 4) is 0 Å². The van der Waals surface area contributed by atoms with E-state index < -0.39 is 5.97 Å². The van der Waals surface area contributed by atoms with Gasteiger partial charge in [0.25, 0.3) is 0 Å². The van der Waals surface area contributed by atoms with Crippen LogP contribution < -0.4 is 5.32 Å². The monoisotopic (exact) mass is 258 g/mol. The van der Waals surface area contributed by atoms with Crippen LogP contribution in [0.3, 0.4) is 0 Å². The maximum absolute atomic E-state index is 12.3. The van der Waals surface area contributed by atoms with E-state index in [2.05, 4.69) is 10.1 Å². The smallest absolute Gasteiger partial charge is 0.325 e. The third kappa shape index (κ3) is 3.68. The summed E-state index contributed by atoms with van der Waals surface area (Å²) in [5, 5.41) is 3.12. The quantitative estimate of drug-likeness (QED) is 0.690. The van der Waals surface area contributed by atoms with Gasteiger partial charge < -0.3 is 19.7 Å². The van der Waals surface area contributed by atoms with Crippen molar-refractivity contribution in [3.05, 3.63) is 0 Å². The van der Waals surface area contributed by atoms with Crippen LogP contribution in [0.5, 0.6) is 0 Å². The van der Waals surface area contributed by atoms with Gasteiger partial charge in [0.15, 0.2) is 0 Å². The van der Waals surface area contributed by atoms with E-state index >= 15 is 0 Å². The lowest BCUT2D eigenvalue weighted by molar-refractivity contribution is -0.148. The van der Waals surface area contributed by atoms with Gasteiger partial charge in [-0.05, 0) is 20.3 Å². The average molecular weight is 258 g/mol. The molecule has 0 saturated carbocycles. The molecule has 104 valence electrons. The number of hydrogen-bond donors (Lipinski definition) is 1. The zero-order valence-corrected chi connectivity index (χ0v) is 11.4. The summed E-state index contributed by atoms with van der Waals surface area (Å²) in [6.07, 6.45) is 0.700. The van der Waals surface area contributed by atoms with Crippen LogP contribution in [0.4, 0.5) is 0 Å². The standard InChI is InChI=1S/C12H22N2O4/c1-8(2)14(7-11(15)18-4)12(16)10-5-9(17-3)6-13-10/h8-10,13H,5-7H2,1-4H3. The number of methoxy groups -OCH3 is 2. The van der Waals surface area contributed by atoms with Crippen molar-refractivity contribution in [1.82, 2.24) is 10.2 Å². The number of carbonyl (C=O) groups excluding carboxylic acids is 2. The van der Waals surface area contributed by atoms with Crippen molar-refractivity contribution in [2.45, 2.75) is 38.5 Å². The summed E-state index contributed by atoms with van der Waals surface area (Å²) < 4.78 is 9.82. The lowest BCUT2D eigenvalue weighted by Crippen LogP contribution is -2.48. The van der Waals surface area contributed by atoms with Gasteiger partial charge in [-0.25, -0.2) is 0 Å². The fourth-order valence-corrected chi connectivity index (χ4v) is 1.99. The molecule has 1 aliphatic rings. The molecule has 1 N–H and O–H groups in total. The Kier molecular flexibility index (Phi) is 5.55. The Balaban J connectivity index is 2.63. The topological polar surface area (TPSA) is 67.9 Å². The molecule has 6 heteroatoms. The van der Waals surface area contributed by atoms with E-state index in [-0.39, 0.29) is 30.6 Å². The van der Waals surface area contributed by atoms with Crippen molar-refractivity contribution >= 4 is 11.9 Å². The molecule has 2 unspecified atom stereocenters. The number of hydrogen-bond acceptors (Lipinski definition) is 5. The van der Waals surface area contributed by atoms with Gasteiger partial charge in [-0.15, -0.1) is 0 Å². The summed E-state index contributed by atoms with van der Waals surface area (Å²) in [4.78, 5) is 25.1. The second kappa shape index (κ2) is 6.70. The van der Waals surface area contributed by atoms with Crippen molar-refractivity contribution in [2.24, 2.45) is 0 Å². The molecular weight excluding hydrogens is 236 g/mol. The maximum atomic E-state index is 12.3. The van der Waals surface area contributed by atoms with Crippen LogP contribution in [0.15, 0.2) is 0 Å². The Morgan fingerprint density at radius 1 is 1.39 bits per heavy atom. The van der Waals surface area contributed by atoms with E-state index in [1.54, 1.807) is 7.11 Å². The maximum Gasteiger partial charge on any atom is 0.325 e. The van der Waals surface area contributed by atoms with Crippen LogP contribution in [-0.2, 0) is 19.1 Å². The minimum atomic E-state index is -0.404. The average Bonchev–Trinajstić information content (AvgIpc) is 2.83. The van der Waals surface area contributed by atoms with Gasteiger partial charge in [-0.1, -0.05) is 0 Å². The molecule has 1 heterocycles. The van der Waals surface area contributed by atoms with E-state index in [0.717, 1.165) is 0 Å². The molecule has 1 amide bonds. The molecule has 0 radical (unpaired) electrons. The molecule has 2 atom stereocenters. The fraction of sp³-hybridized carbons (Fsp3) is 0.833. The van der Waals surface area contributed by atoms with Gasteiger partial charge >= 0.3 is 5.97 Å². The number of carbonyl (C=O) groups is 2. The highest BCUT2D eigenvalue weighted by atomic mass is 16.5. The van der Waals surface area contributed by atoms with Crippen LogP contribution in [0.2, 0.25) is 0 Å². The molecule has 6 nitrogen and oxygen atoms in total. The summed E-state index contributed by atoms with van der Waals surface area (Å²) in [6, 6.07) is -0.318. The van der Waals surface area contributed by atoms with Crippen LogP contribution in [0.25, 0.3) is 0 Å². The highest BCUT2D eigenvalue weighted by Crippen LogP contribution is 2.13. The first-order chi connectivity index (χ1) is 8.49. The van der Waals surface area contributed by atoms with E-state index in [0.29, 0.717) is 13.0 Å². The largest absolute Gasteiger partial charge is 0.468 e. The molecule has 1 fully saturated rings. The molecular formula is C12H22N2O4. The molecule has 1 saturated heterocycles. The number of esters is 1. The SMILES string of the molecule is COC(=O)CN(C(=O)C1CC(OC)CN1)C(C)C. The number of nitrogens with one attached hydrogen (secondary N) is 1. The Morgan fingerprint density at radius 3 is 2.50 bits per heavy atom. The molecule has 0 aliphatic carbocycles. The normalized spacial score (nSPS) is 23.2. The van der Waals surface area contributed by atoms with Gasteiger partial charge in [0.05, 0.1) is 19.3 Å². The second-order valence-electron chi connectivity index (χ2n) is 4.69. The Labute approximate surface area is 108 Å². The summed E-state index contributed by atoms with van der Waals surface area (Å²) in [5.74, 6) is -0.478. The highest BCUT2D eigenvalue weighted by Gasteiger charge is 2.33. The third-order valence-electron chi connectivity index (χ3n) is 3.16. The second-order valence-corrected chi connectivity index (χ2v) is 4.69. The number of amides is 1. The predicted octanol–water partition coefficient (Wildman–Crippen LogP) is -0.227. The van der Waals surface area contributed by atoms with Gasteiger partial charge in [-0.2, -0.15) is 0 Å². The first-order valence-corrected chi connectivity index (χ1v) is 6.13. The van der Waals surface area contributed by atoms with Crippen LogP contribution in [0, 0.1) is 0 Å². The molecule has 18 heavy (non-hydrogen) atoms. The molecule has 1 rings (SSSR count). The summed E-state index contributed by atoms with van der Waals surface area (Å²) in [6.45, 7) is 4.41. The highest BCUT2D eigenvalue weighted by molar-refractivity contribution is 5.86. The van der Waals surface area contributed by atoms with Crippen molar-refractivity contribution < 1.29 is 19.1 Å². The third-order valence-corrected chi connectivity index (χ3v) is 3.16. The minimum absolute atomic E-state index is 0.0111. The van der Waals surface area contributed by atoms with Crippen molar-refractivity contribution in [2.75, 3.05) is 27.3 Å². The van der Waals surface area contributed by atoms with Crippen LogP contribution in [-0.4, -0.2) is 62.3 Å². The van der Waals surface area contributed by atoms with Crippen molar-refractivity contribution in [3.63, 3.8) is 0 Å². The first-order valence-electron chi connectivity index (χ1n) is 6.13. The van der Waals surface area contributed by atoms with E-state index in [4.69, 9.17) is 4.74 Å². The van der Waals surface area contributed by atoms with Crippen LogP contribution >= 0.6 is 0 Å². The van der Waals surface area contributed by atoms with Gasteiger partial charge in [0.1, 0.15) is 6.54 Å². The summed E-state index contributed by atoms with van der Waals surface area (Å²) >= 11 is 0. The molecule has 0 aromatic heterocycles. The fourth-order valence-electron chi connectivity index (χ4n) is 1.99. The predicted molar refractivity (Wildman–Crippen MR) is 66.1 cm³/mol. The van der Waals surface area contributed by atoms with E-state index in [9.17, 15) is 9.59 Å². The number of ether oxygens (including phenoxy) is 2. The van der Waals surface area contributed by atoms with E-state index in [1.807, 2.05) is 13.8 Å². The van der Waals surface area contributed by atoms with E-state index in [1.165, 1.54) is 12.0 Å². The molecule has 1 aliphatic heterocycles. The zero-order valence-electron chi connectivity index (χ0n) is 11.4. The Hall–Kier alpha value is -1.14. The molecule has 0 aromatic rings. The molecule has 0 spiro atoms. The van der Waals surface area contributed by atoms with Gasteiger partial charge in [0.2, 0.25) is 5.91 Å². The minimum Gasteiger partial charge on any atom is -0.468 e. The summed E-state index contributed by atoms with van der Waals surface area (Å²) in [5.41, 5.74) is 0. The summed E-state index contributed by atoms with van der Waals surface area (Å²) in [7, 11) is 2.95. The lowest BCUT2D eigenvalue weighted by atomic mass is 10.1. The number of rotatable bonds is 5.